The first-order valence-electron chi connectivity index (χ1n) is 19.2. The predicted molar refractivity (Wildman–Crippen MR) is 229 cm³/mol. The van der Waals surface area contributed by atoms with Crippen molar-refractivity contribution in [1.29, 1.82) is 0 Å². The van der Waals surface area contributed by atoms with Crippen molar-refractivity contribution in [1.82, 2.24) is 10.6 Å². The van der Waals surface area contributed by atoms with E-state index in [1.54, 1.807) is 58.9 Å². The van der Waals surface area contributed by atoms with Crippen molar-refractivity contribution in [2.24, 2.45) is 5.73 Å². The number of esters is 1. The van der Waals surface area contributed by atoms with Crippen LogP contribution in [0.3, 0.4) is 0 Å². The summed E-state index contributed by atoms with van der Waals surface area (Å²) in [6, 6.07) is 38.2. The molecule has 0 heterocycles. The molecule has 2 atom stereocenters. The van der Waals surface area contributed by atoms with E-state index in [1.165, 1.54) is 13.8 Å². The number of ketones is 1. The van der Waals surface area contributed by atoms with Crippen molar-refractivity contribution in [3.63, 3.8) is 0 Å². The van der Waals surface area contributed by atoms with Gasteiger partial charge < -0.3 is 35.3 Å². The van der Waals surface area contributed by atoms with Crippen molar-refractivity contribution in [3.8, 4) is 0 Å². The number of carbonyl (C=O) groups is 3. The molecule has 0 spiro atoms. The van der Waals surface area contributed by atoms with Gasteiger partial charge in [-0.3, -0.25) is 20.2 Å². The number of carbonyl (C=O) groups excluding carboxylic acids is 3. The molecule has 0 bridgehead atoms. The van der Waals surface area contributed by atoms with Crippen LogP contribution in [0.5, 0.6) is 0 Å². The van der Waals surface area contributed by atoms with E-state index in [4.69, 9.17) is 20.3 Å². The molecule has 59 heavy (non-hydrogen) atoms. The summed E-state index contributed by atoms with van der Waals surface area (Å²) in [6.07, 6.45) is 0. The van der Waals surface area contributed by atoms with Crippen LogP contribution in [-0.4, -0.2) is 71.0 Å². The largest absolute Gasteiger partial charge is 1.00 e. The number of nitrogens with one attached hydrogen (secondary N) is 2. The van der Waals surface area contributed by atoms with E-state index >= 15 is 0 Å². The van der Waals surface area contributed by atoms with Crippen LogP contribution in [-0.2, 0) is 36.7 Å². The summed E-state index contributed by atoms with van der Waals surface area (Å²) < 4.78 is 11.3. The maximum absolute atomic E-state index is 11.4. The maximum atomic E-state index is 11.4. The van der Waals surface area contributed by atoms with Gasteiger partial charge in [-0.25, -0.2) is 0 Å². The van der Waals surface area contributed by atoms with Crippen molar-refractivity contribution >= 4 is 17.7 Å². The fourth-order valence-corrected chi connectivity index (χ4v) is 5.43. The number of ether oxygens (including phenoxy) is 2. The fraction of sp³-hybridized carbons (Fsp3) is 0.426. The predicted octanol–water partition coefficient (Wildman–Crippen LogP) is 2.67. The van der Waals surface area contributed by atoms with Crippen molar-refractivity contribution in [3.05, 3.63) is 144 Å². The number of hydrogen-bond acceptors (Lipinski definition) is 11. The van der Waals surface area contributed by atoms with Crippen LogP contribution >= 0.6 is 0 Å². The minimum atomic E-state index is -1.33. The Labute approximate surface area is 374 Å². The summed E-state index contributed by atoms with van der Waals surface area (Å²) in [4.78, 5) is 33.3. The van der Waals surface area contributed by atoms with Gasteiger partial charge in [-0.2, -0.15) is 0 Å². The van der Waals surface area contributed by atoms with E-state index in [0.717, 1.165) is 16.7 Å². The first-order chi connectivity index (χ1) is 27.0. The number of nitrogens with two attached hydrogens (primary N) is 1. The molecule has 318 valence electrons. The summed E-state index contributed by atoms with van der Waals surface area (Å²) in [5.74, 6) is -1.38. The second-order valence-electron chi connectivity index (χ2n) is 16.5. The van der Waals surface area contributed by atoms with E-state index in [2.05, 4.69) is 36.6 Å². The monoisotopic (exact) mass is 823 g/mol. The van der Waals surface area contributed by atoms with Crippen LogP contribution in [0.25, 0.3) is 0 Å². The Bertz CT molecular complexity index is 1770. The normalized spacial score (nSPS) is 13.1. The maximum Gasteiger partial charge on any atom is 1.00 e. The second kappa shape index (κ2) is 26.5. The smallest absolute Gasteiger partial charge is 0.548 e. The molecule has 11 nitrogen and oxygen atoms in total. The Morgan fingerprint density at radius 1 is 0.627 bits per heavy atom. The SMILES string of the molecule is CC(=O)OCC(C)(NC(C)(C)COCc1ccccc1)c1ccccc1.CC(=O)c1ccccc1.CC(C)(CO)NC(C)(C(=O)[O-])c1ccccc1.CC(C)(N)CO.[Na+]. The zero-order chi connectivity index (χ0) is 44.0. The quantitative estimate of drug-likeness (QED) is 0.0637. The Kier molecular flexibility index (Phi) is 24.8. The van der Waals surface area contributed by atoms with Gasteiger partial charge in [0.15, 0.2) is 5.78 Å². The van der Waals surface area contributed by atoms with Crippen LogP contribution in [0.1, 0.15) is 96.3 Å². The molecule has 4 aromatic rings. The molecule has 0 amide bonds. The zero-order valence-electron chi connectivity index (χ0n) is 37.0. The number of hydrogen-bond donors (Lipinski definition) is 5. The third kappa shape index (κ3) is 22.4. The molecule has 0 fully saturated rings. The number of rotatable bonds is 16. The third-order valence-corrected chi connectivity index (χ3v) is 8.49. The van der Waals surface area contributed by atoms with Gasteiger partial charge in [-0.15, -0.1) is 0 Å². The molecule has 2 unspecified atom stereocenters. The van der Waals surface area contributed by atoms with Gasteiger partial charge in [-0.05, 0) is 79.0 Å². The molecular formula is C47H66N3NaO8. The Morgan fingerprint density at radius 3 is 1.42 bits per heavy atom. The standard InChI is InChI=1S/C22H29NO3.C13H19NO3.C8H8O.C4H11NO.Na/c1-18(24)26-17-22(4,20-13-9-6-10-14-20)23-21(2,3)16-25-15-19-11-7-5-8-12-19;1-12(2,9-15)14-13(3,11(16)17)10-7-5-4-6-8-10;1-7(9)8-5-3-2-4-6-8;1-4(2,5)3-6;/h5-14,23H,15-17H2,1-4H3;4-8,14-15H,9H2,1-3H3,(H,16,17);2-6H,1H3;6H,3,5H2,1-2H3;/q;;;;+1/p-1. The van der Waals surface area contributed by atoms with Gasteiger partial charge in [0.1, 0.15) is 6.61 Å². The topological polar surface area (TPSA) is 183 Å². The summed E-state index contributed by atoms with van der Waals surface area (Å²) in [7, 11) is 0. The first kappa shape index (κ1) is 55.2. The second-order valence-corrected chi connectivity index (χ2v) is 16.5. The van der Waals surface area contributed by atoms with Crippen LogP contribution in [0.2, 0.25) is 0 Å². The number of Topliss-reactive ketones (excluding diaryl/α,β-unsaturated/α-hetero) is 1. The number of aliphatic carboxylic acids is 1. The van der Waals surface area contributed by atoms with Gasteiger partial charge in [0.2, 0.25) is 0 Å². The van der Waals surface area contributed by atoms with E-state index in [9.17, 15) is 24.6 Å². The fourth-order valence-electron chi connectivity index (χ4n) is 5.43. The molecule has 6 N–H and O–H groups in total. The number of benzene rings is 4. The molecule has 12 heteroatoms. The molecule has 4 aromatic carbocycles. The van der Waals surface area contributed by atoms with Crippen LogP contribution in [0.4, 0.5) is 0 Å². The Hall–Kier alpha value is -3.75. The average Bonchev–Trinajstić information content (AvgIpc) is 3.18. The summed E-state index contributed by atoms with van der Waals surface area (Å²) >= 11 is 0. The van der Waals surface area contributed by atoms with E-state index < -0.39 is 28.1 Å². The molecule has 0 saturated heterocycles. The molecule has 0 saturated carbocycles. The zero-order valence-corrected chi connectivity index (χ0v) is 39.0. The molecule has 0 radical (unpaired) electrons. The molecular weight excluding hydrogens is 758 g/mol. The average molecular weight is 824 g/mol. The first-order valence-corrected chi connectivity index (χ1v) is 19.2. The number of aliphatic hydroxyl groups excluding tert-OH is 2. The van der Waals surface area contributed by atoms with E-state index in [-0.39, 0.29) is 66.7 Å². The number of carboxylic acid groups (broad SMARTS) is 1. The molecule has 0 aliphatic carbocycles. The molecule has 0 aromatic heterocycles. The van der Waals surface area contributed by atoms with Crippen molar-refractivity contribution in [2.45, 2.75) is 104 Å². The van der Waals surface area contributed by atoms with Gasteiger partial charge >= 0.3 is 35.5 Å². The molecule has 0 aliphatic rings. The Balaban J connectivity index is 0.000000868. The van der Waals surface area contributed by atoms with Crippen LogP contribution in [0, 0.1) is 0 Å². The third-order valence-electron chi connectivity index (χ3n) is 8.49. The summed E-state index contributed by atoms with van der Waals surface area (Å²) in [6.45, 7) is 19.0. The minimum Gasteiger partial charge on any atom is -0.548 e. The van der Waals surface area contributed by atoms with Crippen molar-refractivity contribution < 1.29 is 68.7 Å². The molecule has 4 rings (SSSR count). The van der Waals surface area contributed by atoms with Gasteiger partial charge in [-0.1, -0.05) is 121 Å². The van der Waals surface area contributed by atoms with Gasteiger partial charge in [0.05, 0.1) is 43.5 Å². The van der Waals surface area contributed by atoms with Gasteiger partial charge in [0, 0.05) is 29.1 Å². The van der Waals surface area contributed by atoms with E-state index in [1.807, 2.05) is 91.9 Å². The number of aliphatic hydroxyl groups is 2. The minimum absolute atomic E-state index is 0. The van der Waals surface area contributed by atoms with Crippen molar-refractivity contribution in [2.75, 3.05) is 26.4 Å². The molecule has 0 aliphatic heterocycles. The van der Waals surface area contributed by atoms with E-state index in [0.29, 0.717) is 18.8 Å². The summed E-state index contributed by atoms with van der Waals surface area (Å²) in [5.41, 5.74) is 5.63. The number of carboxylic acids is 1. The summed E-state index contributed by atoms with van der Waals surface area (Å²) in [5, 5.41) is 35.4. The Morgan fingerprint density at radius 2 is 1.05 bits per heavy atom. The van der Waals surface area contributed by atoms with Gasteiger partial charge in [0.25, 0.3) is 0 Å². The van der Waals surface area contributed by atoms with Crippen LogP contribution < -0.4 is 51.0 Å². The van der Waals surface area contributed by atoms with Crippen LogP contribution in [0.15, 0.2) is 121 Å².